The van der Waals surface area contributed by atoms with Gasteiger partial charge in [-0.1, -0.05) is 174 Å². The Balaban J connectivity index is 1.07. The molecule has 1 aliphatic heterocycles. The van der Waals surface area contributed by atoms with E-state index < -0.39 is 0 Å². The van der Waals surface area contributed by atoms with Crippen LogP contribution in [0.5, 0.6) is 11.5 Å². The SMILES string of the molecule is CCCc1cc2c3ccc(Oc4cccc(N5CN(c6c(-c7ccccc7)cccc6-c6cc(C(C)(C)C)cc(C(C)(C)C)c6)c6ccccc65)c4)cc3n(-c3cc(C(C)(C)C)ccn3)c2cc1CCC. The van der Waals surface area contributed by atoms with Crippen LogP contribution in [0.15, 0.2) is 164 Å². The van der Waals surface area contributed by atoms with Gasteiger partial charge < -0.3 is 14.5 Å². The van der Waals surface area contributed by atoms with E-state index in [4.69, 9.17) is 9.72 Å². The molecule has 0 unspecified atom stereocenters. The number of ether oxygens (including phenoxy) is 1. The van der Waals surface area contributed by atoms with Crippen molar-refractivity contribution in [3.63, 3.8) is 0 Å². The number of para-hydroxylation sites is 3. The molecule has 0 saturated heterocycles. The second-order valence-electron chi connectivity index (χ2n) is 22.8. The molecule has 2 aromatic heterocycles. The van der Waals surface area contributed by atoms with Crippen LogP contribution in [0, 0.1) is 0 Å². The normalized spacial score (nSPS) is 13.1. The highest BCUT2D eigenvalue weighted by Crippen LogP contribution is 2.51. The van der Waals surface area contributed by atoms with Gasteiger partial charge in [-0.2, -0.15) is 0 Å². The van der Waals surface area contributed by atoms with E-state index in [1.807, 2.05) is 6.20 Å². The fourth-order valence-electron chi connectivity index (χ4n) is 10.5. The van der Waals surface area contributed by atoms with E-state index in [0.29, 0.717) is 6.67 Å². The number of hydrogen-bond acceptors (Lipinski definition) is 4. The minimum Gasteiger partial charge on any atom is -0.457 e. The van der Waals surface area contributed by atoms with Crippen molar-refractivity contribution in [3.8, 4) is 39.6 Å². The van der Waals surface area contributed by atoms with Crippen LogP contribution in [0.3, 0.4) is 0 Å². The Morgan fingerprint density at radius 1 is 0.479 bits per heavy atom. The molecule has 0 bridgehead atoms. The molecule has 1 aliphatic rings. The van der Waals surface area contributed by atoms with Gasteiger partial charge in [-0.05, 0) is 129 Å². The number of aryl methyl sites for hydroxylation is 2. The zero-order valence-electron chi connectivity index (χ0n) is 43.8. The lowest BCUT2D eigenvalue weighted by atomic mass is 9.78. The standard InChI is InChI=1S/C66H70N4O/c1-12-21-45-37-57-56-32-31-53(42-61(56)70(60(57)38-46(45)22-13-2)62-40-48(33-34-67-62)64(3,4)5)71-52-26-19-25-51(41-52)68-43-69(59-30-18-17-29-58(59)68)63-54(44-23-15-14-16-24-44)27-20-28-55(63)47-35-49(65(6,7)8)39-50(36-47)66(9,10)11/h14-20,23-42H,12-13,21-22,43H2,1-11H3. The zero-order chi connectivity index (χ0) is 49.8. The van der Waals surface area contributed by atoms with Crippen LogP contribution in [0.2, 0.25) is 0 Å². The number of fused-ring (bicyclic) bond motifs is 4. The van der Waals surface area contributed by atoms with Gasteiger partial charge in [0.1, 0.15) is 24.0 Å². The smallest absolute Gasteiger partial charge is 0.137 e. The number of benzene rings is 7. The van der Waals surface area contributed by atoms with Crippen molar-refractivity contribution in [3.05, 3.63) is 192 Å². The van der Waals surface area contributed by atoms with Crippen LogP contribution < -0.4 is 14.5 Å². The summed E-state index contributed by atoms with van der Waals surface area (Å²) in [5.74, 6) is 2.49. The Hall–Kier alpha value is -7.11. The van der Waals surface area contributed by atoms with Gasteiger partial charge >= 0.3 is 0 Å². The first kappa shape index (κ1) is 47.6. The van der Waals surface area contributed by atoms with E-state index in [1.54, 1.807) is 0 Å². The van der Waals surface area contributed by atoms with Gasteiger partial charge in [0.15, 0.2) is 0 Å². The summed E-state index contributed by atoms with van der Waals surface area (Å²) in [7, 11) is 0. The lowest BCUT2D eigenvalue weighted by Gasteiger charge is -2.29. The lowest BCUT2D eigenvalue weighted by molar-refractivity contribution is 0.483. The average molecular weight is 935 g/mol. The first-order valence-corrected chi connectivity index (χ1v) is 25.8. The molecule has 5 heteroatoms. The van der Waals surface area contributed by atoms with Crippen molar-refractivity contribution in [2.75, 3.05) is 16.5 Å². The summed E-state index contributed by atoms with van der Waals surface area (Å²) in [6.07, 6.45) is 6.29. The van der Waals surface area contributed by atoms with E-state index in [-0.39, 0.29) is 16.2 Å². The Labute approximate surface area is 422 Å². The molecule has 5 nitrogen and oxygen atoms in total. The molecule has 360 valence electrons. The van der Waals surface area contributed by atoms with Gasteiger partial charge in [0, 0.05) is 45.9 Å². The van der Waals surface area contributed by atoms with E-state index >= 15 is 0 Å². The maximum absolute atomic E-state index is 6.93. The topological polar surface area (TPSA) is 33.5 Å². The molecular formula is C66H70N4O. The lowest BCUT2D eigenvalue weighted by Crippen LogP contribution is -2.25. The first-order valence-electron chi connectivity index (χ1n) is 25.8. The highest BCUT2D eigenvalue weighted by atomic mass is 16.5. The summed E-state index contributed by atoms with van der Waals surface area (Å²) < 4.78 is 9.29. The predicted octanol–water partition coefficient (Wildman–Crippen LogP) is 18.3. The molecule has 7 aromatic carbocycles. The average Bonchev–Trinajstić information content (AvgIpc) is 3.89. The maximum Gasteiger partial charge on any atom is 0.137 e. The fraction of sp³-hybridized carbons (Fsp3) is 0.288. The first-order chi connectivity index (χ1) is 34.0. The summed E-state index contributed by atoms with van der Waals surface area (Å²) in [4.78, 5) is 9.98. The number of aromatic nitrogens is 2. The predicted molar refractivity (Wildman–Crippen MR) is 302 cm³/mol. The highest BCUT2D eigenvalue weighted by Gasteiger charge is 2.32. The second-order valence-corrected chi connectivity index (χ2v) is 22.8. The molecule has 0 atom stereocenters. The van der Waals surface area contributed by atoms with Crippen LogP contribution in [0.1, 0.15) is 117 Å². The largest absolute Gasteiger partial charge is 0.457 e. The van der Waals surface area contributed by atoms with Crippen molar-refractivity contribution in [1.82, 2.24) is 9.55 Å². The van der Waals surface area contributed by atoms with Crippen molar-refractivity contribution < 1.29 is 4.74 Å². The molecule has 0 fully saturated rings. The number of rotatable bonds is 11. The minimum absolute atomic E-state index is 0.0204. The van der Waals surface area contributed by atoms with Crippen LogP contribution in [-0.2, 0) is 29.1 Å². The van der Waals surface area contributed by atoms with Gasteiger partial charge in [0.25, 0.3) is 0 Å². The summed E-state index contributed by atoms with van der Waals surface area (Å²) in [5.41, 5.74) is 18.4. The van der Waals surface area contributed by atoms with E-state index in [9.17, 15) is 0 Å². The number of nitrogens with zero attached hydrogens (tertiary/aromatic N) is 4. The summed E-state index contributed by atoms with van der Waals surface area (Å²) in [6.45, 7) is 25.9. The molecular weight excluding hydrogens is 865 g/mol. The maximum atomic E-state index is 6.93. The minimum atomic E-state index is -0.0218. The van der Waals surface area contributed by atoms with Gasteiger partial charge in [-0.15, -0.1) is 0 Å². The third-order valence-electron chi connectivity index (χ3n) is 14.4. The summed E-state index contributed by atoms with van der Waals surface area (Å²) >= 11 is 0. The van der Waals surface area contributed by atoms with Gasteiger partial charge in [0.05, 0.1) is 28.1 Å². The molecule has 9 aromatic rings. The monoisotopic (exact) mass is 935 g/mol. The molecule has 71 heavy (non-hydrogen) atoms. The highest BCUT2D eigenvalue weighted by molar-refractivity contribution is 6.10. The summed E-state index contributed by atoms with van der Waals surface area (Å²) in [6, 6.07) is 58.2. The Morgan fingerprint density at radius 3 is 1.73 bits per heavy atom. The fourth-order valence-corrected chi connectivity index (χ4v) is 10.5. The molecule has 0 radical (unpaired) electrons. The quantitative estimate of drug-likeness (QED) is 0.129. The van der Waals surface area contributed by atoms with Crippen molar-refractivity contribution in [2.45, 2.75) is 118 Å². The van der Waals surface area contributed by atoms with Gasteiger partial charge in [-0.25, -0.2) is 4.98 Å². The van der Waals surface area contributed by atoms with Gasteiger partial charge in [0.2, 0.25) is 0 Å². The molecule has 0 N–H and O–H groups in total. The van der Waals surface area contributed by atoms with Crippen molar-refractivity contribution in [1.29, 1.82) is 0 Å². The van der Waals surface area contributed by atoms with Crippen LogP contribution in [0.25, 0.3) is 49.9 Å². The van der Waals surface area contributed by atoms with Crippen LogP contribution in [-0.4, -0.2) is 16.2 Å². The van der Waals surface area contributed by atoms with Crippen LogP contribution in [0.4, 0.5) is 22.7 Å². The zero-order valence-corrected chi connectivity index (χ0v) is 43.8. The molecule has 0 amide bonds. The third kappa shape index (κ3) is 9.24. The molecule has 0 spiro atoms. The molecule has 0 saturated carbocycles. The Kier molecular flexibility index (Phi) is 12.4. The van der Waals surface area contributed by atoms with Crippen molar-refractivity contribution in [2.24, 2.45) is 0 Å². The molecule has 0 aliphatic carbocycles. The summed E-state index contributed by atoms with van der Waals surface area (Å²) in [5, 5.41) is 2.46. The van der Waals surface area contributed by atoms with E-state index in [1.165, 1.54) is 72.0 Å². The van der Waals surface area contributed by atoms with Crippen LogP contribution >= 0.6 is 0 Å². The van der Waals surface area contributed by atoms with Gasteiger partial charge in [-0.3, -0.25) is 4.57 Å². The molecule has 10 rings (SSSR count). The Morgan fingerprint density at radius 2 is 1.07 bits per heavy atom. The second kappa shape index (κ2) is 18.6. The van der Waals surface area contributed by atoms with Crippen molar-refractivity contribution >= 4 is 44.6 Å². The number of pyridine rings is 1. The molecule has 3 heterocycles. The third-order valence-corrected chi connectivity index (χ3v) is 14.4. The Bertz CT molecular complexity index is 3380. The van der Waals surface area contributed by atoms with E-state index in [0.717, 1.165) is 65.6 Å². The number of anilines is 4. The van der Waals surface area contributed by atoms with E-state index in [2.05, 4.69) is 248 Å². The number of hydrogen-bond donors (Lipinski definition) is 0.